The number of nitrogens with one attached hydrogen (secondary N) is 1. The first kappa shape index (κ1) is 11.4. The standard InChI is InChI=1S/C13H14N2O2/c1-7-4-5-10(9(3)8(7)2)11-6-14-12(15-11)13(16)17/h4-6H,1-3H3,(H,14,15)(H,16,17). The molecule has 4 heteroatoms. The van der Waals surface area contributed by atoms with Gasteiger partial charge in [-0.25, -0.2) is 9.78 Å². The molecule has 0 aliphatic carbocycles. The molecule has 0 aliphatic rings. The molecule has 0 fully saturated rings. The molecule has 2 N–H and O–H groups in total. The van der Waals surface area contributed by atoms with Crippen molar-refractivity contribution in [3.63, 3.8) is 0 Å². The Hall–Kier alpha value is -2.10. The van der Waals surface area contributed by atoms with E-state index in [2.05, 4.69) is 23.8 Å². The van der Waals surface area contributed by atoms with Crippen LogP contribution in [0.1, 0.15) is 27.3 Å². The number of H-pyrrole nitrogens is 1. The fourth-order valence-electron chi connectivity index (χ4n) is 1.81. The van der Waals surface area contributed by atoms with E-state index in [1.165, 1.54) is 11.1 Å². The lowest BCUT2D eigenvalue weighted by atomic mass is 9.97. The number of rotatable bonds is 2. The number of aromatic carboxylic acids is 1. The molecule has 0 spiro atoms. The molecule has 4 nitrogen and oxygen atoms in total. The zero-order valence-corrected chi connectivity index (χ0v) is 10.0. The van der Waals surface area contributed by atoms with Gasteiger partial charge in [0.1, 0.15) is 0 Å². The molecule has 1 heterocycles. The number of hydrogen-bond donors (Lipinski definition) is 2. The van der Waals surface area contributed by atoms with Crippen molar-refractivity contribution in [3.05, 3.63) is 40.8 Å². The first-order valence-corrected chi connectivity index (χ1v) is 5.36. The summed E-state index contributed by atoms with van der Waals surface area (Å²) in [5, 5.41) is 8.82. The quantitative estimate of drug-likeness (QED) is 0.833. The van der Waals surface area contributed by atoms with Crippen molar-refractivity contribution in [2.75, 3.05) is 0 Å². The van der Waals surface area contributed by atoms with Crippen LogP contribution < -0.4 is 0 Å². The Kier molecular flexibility index (Phi) is 2.71. The molecule has 0 unspecified atom stereocenters. The van der Waals surface area contributed by atoms with Gasteiger partial charge in [-0.05, 0) is 37.5 Å². The third-order valence-corrected chi connectivity index (χ3v) is 3.13. The fourth-order valence-corrected chi connectivity index (χ4v) is 1.81. The zero-order chi connectivity index (χ0) is 12.6. The lowest BCUT2D eigenvalue weighted by Gasteiger charge is -2.09. The lowest BCUT2D eigenvalue weighted by Crippen LogP contribution is -1.98. The summed E-state index contributed by atoms with van der Waals surface area (Å²) in [5.41, 5.74) is 5.32. The van der Waals surface area contributed by atoms with E-state index in [0.29, 0.717) is 0 Å². The van der Waals surface area contributed by atoms with Gasteiger partial charge in [-0.3, -0.25) is 0 Å². The van der Waals surface area contributed by atoms with Crippen LogP contribution in [0.4, 0.5) is 0 Å². The van der Waals surface area contributed by atoms with E-state index in [0.717, 1.165) is 16.8 Å². The third-order valence-electron chi connectivity index (χ3n) is 3.13. The van der Waals surface area contributed by atoms with E-state index in [1.807, 2.05) is 19.1 Å². The van der Waals surface area contributed by atoms with Gasteiger partial charge in [0.2, 0.25) is 5.82 Å². The van der Waals surface area contributed by atoms with Crippen molar-refractivity contribution in [2.45, 2.75) is 20.8 Å². The highest BCUT2D eigenvalue weighted by Gasteiger charge is 2.11. The van der Waals surface area contributed by atoms with Crippen LogP contribution in [0.15, 0.2) is 18.3 Å². The minimum absolute atomic E-state index is 0.0300. The van der Waals surface area contributed by atoms with Gasteiger partial charge >= 0.3 is 5.97 Å². The second-order valence-corrected chi connectivity index (χ2v) is 4.13. The van der Waals surface area contributed by atoms with Crippen molar-refractivity contribution in [2.24, 2.45) is 0 Å². The molecule has 1 aromatic heterocycles. The molecule has 88 valence electrons. The minimum atomic E-state index is -1.04. The summed E-state index contributed by atoms with van der Waals surface area (Å²) in [7, 11) is 0. The predicted molar refractivity (Wildman–Crippen MR) is 65.2 cm³/mol. The highest BCUT2D eigenvalue weighted by Crippen LogP contribution is 2.25. The predicted octanol–water partition coefficient (Wildman–Crippen LogP) is 2.70. The summed E-state index contributed by atoms with van der Waals surface area (Å²) in [5.74, 6) is -1.07. The molecular formula is C13H14N2O2. The molecule has 17 heavy (non-hydrogen) atoms. The summed E-state index contributed by atoms with van der Waals surface area (Å²) in [6.07, 6.45) is 1.56. The molecule has 0 atom stereocenters. The second kappa shape index (κ2) is 4.05. The Bertz CT molecular complexity index is 585. The van der Waals surface area contributed by atoms with Gasteiger partial charge in [-0.15, -0.1) is 0 Å². The van der Waals surface area contributed by atoms with Crippen LogP contribution in [-0.4, -0.2) is 21.0 Å². The van der Waals surface area contributed by atoms with E-state index in [-0.39, 0.29) is 5.82 Å². The van der Waals surface area contributed by atoms with E-state index in [1.54, 1.807) is 6.20 Å². The first-order valence-electron chi connectivity index (χ1n) is 5.36. The van der Waals surface area contributed by atoms with Crippen molar-refractivity contribution in [1.82, 2.24) is 9.97 Å². The summed E-state index contributed by atoms with van der Waals surface area (Å²) < 4.78 is 0. The molecular weight excluding hydrogens is 216 g/mol. The molecule has 0 aliphatic heterocycles. The van der Waals surface area contributed by atoms with E-state index in [4.69, 9.17) is 5.11 Å². The minimum Gasteiger partial charge on any atom is -0.475 e. The average molecular weight is 230 g/mol. The zero-order valence-electron chi connectivity index (χ0n) is 10.0. The second-order valence-electron chi connectivity index (χ2n) is 4.13. The maximum Gasteiger partial charge on any atom is 0.371 e. The Balaban J connectivity index is 2.53. The molecule has 2 aromatic rings. The Labute approximate surface area is 99.3 Å². The van der Waals surface area contributed by atoms with Crippen molar-refractivity contribution in [3.8, 4) is 11.3 Å². The monoisotopic (exact) mass is 230 g/mol. The topological polar surface area (TPSA) is 66.0 Å². The molecule has 0 saturated carbocycles. The number of benzene rings is 1. The smallest absolute Gasteiger partial charge is 0.371 e. The SMILES string of the molecule is Cc1ccc(-c2cnc(C(=O)O)[nH]2)c(C)c1C. The number of carboxylic acid groups (broad SMARTS) is 1. The molecule has 1 aromatic carbocycles. The number of hydrogen-bond acceptors (Lipinski definition) is 2. The van der Waals surface area contributed by atoms with Crippen LogP contribution in [0.5, 0.6) is 0 Å². The van der Waals surface area contributed by atoms with Gasteiger partial charge in [-0.1, -0.05) is 12.1 Å². The molecule has 0 saturated heterocycles. The van der Waals surface area contributed by atoms with Crippen LogP contribution in [0.3, 0.4) is 0 Å². The lowest BCUT2D eigenvalue weighted by molar-refractivity contribution is 0.0685. The van der Waals surface area contributed by atoms with Gasteiger partial charge in [0.05, 0.1) is 11.9 Å². The van der Waals surface area contributed by atoms with Gasteiger partial charge in [0.15, 0.2) is 0 Å². The number of aromatic amines is 1. The van der Waals surface area contributed by atoms with Gasteiger partial charge < -0.3 is 10.1 Å². The first-order chi connectivity index (χ1) is 8.00. The maximum atomic E-state index is 10.8. The Morgan fingerprint density at radius 3 is 2.53 bits per heavy atom. The third kappa shape index (κ3) is 1.93. The summed E-state index contributed by atoms with van der Waals surface area (Å²) in [6.45, 7) is 6.14. The molecule has 0 bridgehead atoms. The summed E-state index contributed by atoms with van der Waals surface area (Å²) >= 11 is 0. The average Bonchev–Trinajstić information content (AvgIpc) is 2.75. The van der Waals surface area contributed by atoms with Crippen LogP contribution in [0.2, 0.25) is 0 Å². The van der Waals surface area contributed by atoms with Crippen molar-refractivity contribution < 1.29 is 9.90 Å². The molecule has 0 radical (unpaired) electrons. The number of carbonyl (C=O) groups is 1. The van der Waals surface area contributed by atoms with Gasteiger partial charge in [-0.2, -0.15) is 0 Å². The largest absolute Gasteiger partial charge is 0.475 e. The van der Waals surface area contributed by atoms with Crippen LogP contribution in [-0.2, 0) is 0 Å². The Morgan fingerprint density at radius 2 is 1.94 bits per heavy atom. The van der Waals surface area contributed by atoms with E-state index in [9.17, 15) is 4.79 Å². The normalized spacial score (nSPS) is 10.5. The number of aromatic nitrogens is 2. The van der Waals surface area contributed by atoms with Crippen molar-refractivity contribution in [1.29, 1.82) is 0 Å². The van der Waals surface area contributed by atoms with Crippen LogP contribution in [0.25, 0.3) is 11.3 Å². The highest BCUT2D eigenvalue weighted by molar-refractivity contribution is 5.84. The van der Waals surface area contributed by atoms with E-state index < -0.39 is 5.97 Å². The molecule has 2 rings (SSSR count). The fraction of sp³-hybridized carbons (Fsp3) is 0.231. The summed E-state index contributed by atoms with van der Waals surface area (Å²) in [4.78, 5) is 17.4. The molecule has 0 amide bonds. The number of aryl methyl sites for hydroxylation is 1. The van der Waals surface area contributed by atoms with Gasteiger partial charge in [0, 0.05) is 5.56 Å². The van der Waals surface area contributed by atoms with Crippen LogP contribution >= 0.6 is 0 Å². The van der Waals surface area contributed by atoms with Crippen molar-refractivity contribution >= 4 is 5.97 Å². The summed E-state index contributed by atoms with van der Waals surface area (Å²) in [6, 6.07) is 4.01. The number of imidazole rings is 1. The Morgan fingerprint density at radius 1 is 1.24 bits per heavy atom. The van der Waals surface area contributed by atoms with E-state index >= 15 is 0 Å². The van der Waals surface area contributed by atoms with Gasteiger partial charge in [0.25, 0.3) is 0 Å². The number of carboxylic acids is 1. The van der Waals surface area contributed by atoms with Crippen LogP contribution in [0, 0.1) is 20.8 Å². The highest BCUT2D eigenvalue weighted by atomic mass is 16.4. The maximum absolute atomic E-state index is 10.8. The number of nitrogens with zero attached hydrogens (tertiary/aromatic N) is 1.